The number of para-hydroxylation sites is 1. The van der Waals surface area contributed by atoms with Gasteiger partial charge in [-0.05, 0) is 42.7 Å². The summed E-state index contributed by atoms with van der Waals surface area (Å²) < 4.78 is 21.7. The van der Waals surface area contributed by atoms with Gasteiger partial charge in [-0.3, -0.25) is 4.79 Å². The van der Waals surface area contributed by atoms with E-state index in [1.807, 2.05) is 30.5 Å². The van der Waals surface area contributed by atoms with Crippen LogP contribution in [-0.2, 0) is 11.2 Å². The minimum Gasteiger partial charge on any atom is -0.507 e. The smallest absolute Gasteiger partial charge is 0.343 e. The largest absolute Gasteiger partial charge is 0.507 e. The molecule has 1 aliphatic heterocycles. The summed E-state index contributed by atoms with van der Waals surface area (Å²) in [5.41, 5.74) is 1.97. The predicted octanol–water partition coefficient (Wildman–Crippen LogP) is 3.75. The molecule has 2 aromatic carbocycles. The summed E-state index contributed by atoms with van der Waals surface area (Å²) in [7, 11) is 1.49. The van der Waals surface area contributed by atoms with Crippen molar-refractivity contribution < 1.29 is 28.5 Å². The number of carbonyl (C=O) groups excluding carboxylic acids is 1. The number of rotatable bonds is 8. The van der Waals surface area contributed by atoms with Gasteiger partial charge in [-0.25, -0.2) is 4.79 Å². The highest BCUT2D eigenvalue weighted by molar-refractivity contribution is 5.83. The highest BCUT2D eigenvalue weighted by Crippen LogP contribution is 2.45. The Morgan fingerprint density at radius 2 is 2.06 bits per heavy atom. The normalized spacial score (nSPS) is 13.1. The average Bonchev–Trinajstić information content (AvgIpc) is 3.49. The van der Waals surface area contributed by atoms with Crippen LogP contribution in [-0.4, -0.2) is 36.4 Å². The maximum atomic E-state index is 13.0. The monoisotopic (exact) mass is 490 g/mol. The average molecular weight is 491 g/mol. The summed E-state index contributed by atoms with van der Waals surface area (Å²) in [6.07, 6.45) is 2.47. The predicted molar refractivity (Wildman–Crippen MR) is 132 cm³/mol. The van der Waals surface area contributed by atoms with Gasteiger partial charge in [-0.2, -0.15) is 0 Å². The molecular formula is C27H26N2O7. The highest BCUT2D eigenvalue weighted by atomic mass is 16.7. The Hall–Kier alpha value is -4.40. The van der Waals surface area contributed by atoms with Crippen LogP contribution in [0.5, 0.6) is 23.0 Å². The number of ether oxygens (including phenoxy) is 3. The van der Waals surface area contributed by atoms with Gasteiger partial charge in [-0.1, -0.05) is 18.2 Å². The molecule has 0 saturated heterocycles. The Labute approximate surface area is 206 Å². The number of benzene rings is 2. The van der Waals surface area contributed by atoms with E-state index >= 15 is 0 Å². The van der Waals surface area contributed by atoms with E-state index in [4.69, 9.17) is 18.6 Å². The highest BCUT2D eigenvalue weighted by Gasteiger charge is 2.29. The number of methoxy groups -OCH3 is 1. The summed E-state index contributed by atoms with van der Waals surface area (Å²) in [5, 5.41) is 14.7. The van der Waals surface area contributed by atoms with E-state index in [9.17, 15) is 14.7 Å². The number of amides is 1. The molecule has 3 heterocycles. The summed E-state index contributed by atoms with van der Waals surface area (Å²) in [6.45, 7) is 2.01. The van der Waals surface area contributed by atoms with Crippen molar-refractivity contribution >= 4 is 16.8 Å². The van der Waals surface area contributed by atoms with E-state index < -0.39 is 11.5 Å². The molecule has 36 heavy (non-hydrogen) atoms. The number of fused-ring (bicyclic) bond motifs is 2. The van der Waals surface area contributed by atoms with Crippen LogP contribution in [0, 0.1) is 6.92 Å². The first kappa shape index (κ1) is 23.3. The number of aromatic amines is 1. The van der Waals surface area contributed by atoms with Gasteiger partial charge < -0.3 is 34.0 Å². The molecule has 0 saturated carbocycles. The molecule has 0 radical (unpaired) electrons. The van der Waals surface area contributed by atoms with Crippen LogP contribution in [0.1, 0.15) is 34.8 Å². The van der Waals surface area contributed by atoms with Crippen LogP contribution in [0.15, 0.2) is 57.9 Å². The third-order valence-electron chi connectivity index (χ3n) is 6.30. The number of hydrogen-bond donors (Lipinski definition) is 3. The van der Waals surface area contributed by atoms with Gasteiger partial charge in [-0.15, -0.1) is 0 Å². The Balaban J connectivity index is 1.40. The van der Waals surface area contributed by atoms with Crippen LogP contribution in [0.25, 0.3) is 10.9 Å². The van der Waals surface area contributed by atoms with E-state index in [-0.39, 0.29) is 36.2 Å². The Morgan fingerprint density at radius 1 is 1.22 bits per heavy atom. The molecule has 0 fully saturated rings. The van der Waals surface area contributed by atoms with Gasteiger partial charge in [0.2, 0.25) is 18.4 Å². The second-order valence-corrected chi connectivity index (χ2v) is 8.62. The first-order chi connectivity index (χ1) is 17.4. The number of hydrogen-bond acceptors (Lipinski definition) is 7. The molecule has 3 N–H and O–H groups in total. The van der Waals surface area contributed by atoms with Crippen molar-refractivity contribution in [3.05, 3.63) is 81.5 Å². The second kappa shape index (κ2) is 9.69. The number of H-pyrrole nitrogens is 1. The Bertz CT molecular complexity index is 1490. The molecule has 1 aliphatic rings. The van der Waals surface area contributed by atoms with Gasteiger partial charge in [0, 0.05) is 42.0 Å². The maximum absolute atomic E-state index is 13.0. The van der Waals surface area contributed by atoms with Gasteiger partial charge in [0.25, 0.3) is 0 Å². The molecule has 9 heteroatoms. The lowest BCUT2D eigenvalue weighted by molar-refractivity contribution is -0.121. The fourth-order valence-electron chi connectivity index (χ4n) is 4.60. The van der Waals surface area contributed by atoms with E-state index in [2.05, 4.69) is 10.3 Å². The molecule has 9 nitrogen and oxygen atoms in total. The molecule has 186 valence electrons. The minimum atomic E-state index is -0.807. The van der Waals surface area contributed by atoms with Crippen LogP contribution in [0.3, 0.4) is 0 Å². The fraction of sp³-hybridized carbons (Fsp3) is 0.259. The lowest BCUT2D eigenvalue weighted by Gasteiger charge is -2.19. The standard InChI is InChI=1S/C27H26N2O7/c1-15-9-21(30)25(27(32)36-15)19(17-10-22(33-2)26-23(11-17)34-14-35-26)12-24(31)28-8-7-16-13-29-20-6-4-3-5-18(16)20/h3-6,9-11,13,19,29-30H,7-8,12,14H2,1-2H3,(H,28,31)/t19-/m0/s1. The van der Waals surface area contributed by atoms with Crippen molar-refractivity contribution in [2.45, 2.75) is 25.7 Å². The molecule has 1 amide bonds. The Morgan fingerprint density at radius 3 is 2.86 bits per heavy atom. The van der Waals surface area contributed by atoms with E-state index in [0.717, 1.165) is 16.5 Å². The molecule has 0 aliphatic carbocycles. The van der Waals surface area contributed by atoms with Crippen LogP contribution in [0.2, 0.25) is 0 Å². The van der Waals surface area contributed by atoms with E-state index in [1.165, 1.54) is 13.2 Å². The zero-order chi connectivity index (χ0) is 25.2. The van der Waals surface area contributed by atoms with Crippen molar-refractivity contribution in [2.24, 2.45) is 0 Å². The number of nitrogens with one attached hydrogen (secondary N) is 2. The third kappa shape index (κ3) is 4.47. The van der Waals surface area contributed by atoms with Gasteiger partial charge in [0.15, 0.2) is 11.5 Å². The van der Waals surface area contributed by atoms with Crippen LogP contribution >= 0.6 is 0 Å². The molecule has 0 spiro atoms. The topological polar surface area (TPSA) is 123 Å². The number of aryl methyl sites for hydroxylation is 1. The van der Waals surface area contributed by atoms with Crippen LogP contribution < -0.4 is 25.2 Å². The van der Waals surface area contributed by atoms with Crippen molar-refractivity contribution in [1.82, 2.24) is 10.3 Å². The minimum absolute atomic E-state index is 0.00621. The Kier molecular flexibility index (Phi) is 6.28. The fourth-order valence-corrected chi connectivity index (χ4v) is 4.60. The van der Waals surface area contributed by atoms with Crippen molar-refractivity contribution in [3.63, 3.8) is 0 Å². The molecular weight excluding hydrogens is 464 g/mol. The number of carbonyl (C=O) groups is 1. The summed E-state index contributed by atoms with van der Waals surface area (Å²) in [6, 6.07) is 12.7. The zero-order valence-corrected chi connectivity index (χ0v) is 19.9. The molecule has 0 bridgehead atoms. The first-order valence-electron chi connectivity index (χ1n) is 11.6. The molecule has 5 rings (SSSR count). The first-order valence-corrected chi connectivity index (χ1v) is 11.6. The number of aromatic hydroxyl groups is 1. The summed E-state index contributed by atoms with van der Waals surface area (Å²) in [4.78, 5) is 29.1. The van der Waals surface area contributed by atoms with Crippen molar-refractivity contribution in [1.29, 1.82) is 0 Å². The van der Waals surface area contributed by atoms with E-state index in [1.54, 1.807) is 19.1 Å². The summed E-state index contributed by atoms with van der Waals surface area (Å²) >= 11 is 0. The van der Waals surface area contributed by atoms with Crippen molar-refractivity contribution in [2.75, 3.05) is 20.4 Å². The maximum Gasteiger partial charge on any atom is 0.343 e. The molecule has 1 atom stereocenters. The molecule has 4 aromatic rings. The van der Waals surface area contributed by atoms with E-state index in [0.29, 0.717) is 35.8 Å². The van der Waals surface area contributed by atoms with Crippen LogP contribution in [0.4, 0.5) is 0 Å². The van der Waals surface area contributed by atoms with Crippen molar-refractivity contribution in [3.8, 4) is 23.0 Å². The SMILES string of the molecule is COc1cc([C@H](CC(=O)NCCc2c[nH]c3ccccc23)c2c(O)cc(C)oc2=O)cc2c1OCO2. The zero-order valence-electron chi connectivity index (χ0n) is 19.9. The second-order valence-electron chi connectivity index (χ2n) is 8.62. The molecule has 2 aromatic heterocycles. The lowest BCUT2D eigenvalue weighted by Crippen LogP contribution is -2.28. The number of aromatic nitrogens is 1. The van der Waals surface area contributed by atoms with Gasteiger partial charge >= 0.3 is 5.63 Å². The van der Waals surface area contributed by atoms with Gasteiger partial charge in [0.05, 0.1) is 12.7 Å². The molecule has 0 unspecified atom stereocenters. The third-order valence-corrected chi connectivity index (χ3v) is 6.30. The quantitative estimate of drug-likeness (QED) is 0.344. The van der Waals surface area contributed by atoms with Gasteiger partial charge in [0.1, 0.15) is 11.5 Å². The summed E-state index contributed by atoms with van der Waals surface area (Å²) in [5.74, 6) is 0.228. The lowest BCUT2D eigenvalue weighted by atomic mass is 9.88.